The highest BCUT2D eigenvalue weighted by molar-refractivity contribution is 5.63. The lowest BCUT2D eigenvalue weighted by Gasteiger charge is -2.20. The van der Waals surface area contributed by atoms with Gasteiger partial charge in [-0.2, -0.15) is 10.2 Å². The molecule has 0 radical (unpaired) electrons. The molecule has 1 aliphatic heterocycles. The van der Waals surface area contributed by atoms with Gasteiger partial charge in [0.15, 0.2) is 12.0 Å². The summed E-state index contributed by atoms with van der Waals surface area (Å²) in [6.45, 7) is 1.78. The molecule has 5 heterocycles. The lowest BCUT2D eigenvalue weighted by atomic mass is 10.1. The number of nitrogens with zero attached hydrogens (tertiary/aromatic N) is 8. The van der Waals surface area contributed by atoms with Crippen molar-refractivity contribution < 1.29 is 14.6 Å². The molecule has 0 amide bonds. The minimum atomic E-state index is -0.789. The van der Waals surface area contributed by atoms with E-state index in [0.717, 1.165) is 28.2 Å². The molecule has 0 aliphatic carbocycles. The summed E-state index contributed by atoms with van der Waals surface area (Å²) in [5.41, 5.74) is 3.95. The maximum Gasteiger partial charge on any atom is 0.256 e. The number of ether oxygens (including phenoxy) is 2. The molecule has 1 unspecified atom stereocenters. The van der Waals surface area contributed by atoms with Crippen LogP contribution < -0.4 is 14.4 Å². The first-order chi connectivity index (χ1) is 15.7. The van der Waals surface area contributed by atoms with Crippen LogP contribution in [-0.2, 0) is 19.6 Å². The van der Waals surface area contributed by atoms with Crippen molar-refractivity contribution >= 4 is 5.69 Å². The van der Waals surface area contributed by atoms with Gasteiger partial charge in [-0.25, -0.2) is 9.97 Å². The van der Waals surface area contributed by atoms with Crippen molar-refractivity contribution in [3.05, 3.63) is 60.7 Å². The zero-order chi connectivity index (χ0) is 22.1. The van der Waals surface area contributed by atoms with Crippen LogP contribution in [0.2, 0.25) is 0 Å². The van der Waals surface area contributed by atoms with E-state index in [1.807, 2.05) is 34.0 Å². The zero-order valence-corrected chi connectivity index (χ0v) is 17.7. The Morgan fingerprint density at radius 3 is 2.75 bits per heavy atom. The number of methoxy groups -OCH3 is 2. The Morgan fingerprint density at radius 1 is 1.09 bits per heavy atom. The first-order valence-electron chi connectivity index (χ1n) is 10.0. The van der Waals surface area contributed by atoms with E-state index in [1.165, 1.54) is 6.33 Å². The Morgan fingerprint density at radius 2 is 1.97 bits per heavy atom. The average Bonchev–Trinajstić information content (AvgIpc) is 3.57. The first-order valence-corrected chi connectivity index (χ1v) is 10.0. The zero-order valence-electron chi connectivity index (χ0n) is 17.7. The minimum Gasteiger partial charge on any atom is -0.491 e. The molecule has 11 nitrogen and oxygen atoms in total. The standard InChI is InChI=1S/C21H22N8O3/c1-31-19-7-14(8-23-20(19)32-2)17-4-3-16-18(26-17)11-29(21(16)30)15-9-24-27(10-15)5-6-28-13-22-12-25-28/h3-4,7-10,12-13,21,30H,5-6,11H2,1-2H3. The third kappa shape index (κ3) is 3.62. The van der Waals surface area contributed by atoms with Gasteiger partial charge in [-0.3, -0.25) is 14.3 Å². The van der Waals surface area contributed by atoms with Crippen LogP contribution in [0.25, 0.3) is 11.3 Å². The van der Waals surface area contributed by atoms with Gasteiger partial charge in [-0.05, 0) is 12.1 Å². The summed E-state index contributed by atoms with van der Waals surface area (Å²) in [6, 6.07) is 5.60. The fraction of sp³-hybridized carbons (Fsp3) is 0.286. The largest absolute Gasteiger partial charge is 0.491 e. The first kappa shape index (κ1) is 19.9. The van der Waals surface area contributed by atoms with Crippen molar-refractivity contribution in [3.8, 4) is 22.9 Å². The van der Waals surface area contributed by atoms with Gasteiger partial charge < -0.3 is 19.5 Å². The van der Waals surface area contributed by atoms with Gasteiger partial charge in [0.2, 0.25) is 0 Å². The second kappa shape index (κ2) is 8.27. The lowest BCUT2D eigenvalue weighted by Crippen LogP contribution is -2.20. The van der Waals surface area contributed by atoms with Crippen LogP contribution in [0.4, 0.5) is 5.69 Å². The number of hydrogen-bond donors (Lipinski definition) is 1. The molecule has 4 aromatic heterocycles. The molecule has 0 saturated carbocycles. The maximum atomic E-state index is 10.9. The average molecular weight is 434 g/mol. The fourth-order valence-electron chi connectivity index (χ4n) is 3.73. The van der Waals surface area contributed by atoms with Crippen LogP contribution in [0.1, 0.15) is 17.5 Å². The number of aryl methyl sites for hydroxylation is 2. The van der Waals surface area contributed by atoms with E-state index in [4.69, 9.17) is 14.5 Å². The SMILES string of the molecule is COc1cc(-c2ccc3c(n2)CN(c2cnn(CCn4cncn4)c2)C3O)cnc1OC. The number of fused-ring (bicyclic) bond motifs is 1. The number of anilines is 1. The molecule has 164 valence electrons. The molecule has 0 bridgehead atoms. The maximum absolute atomic E-state index is 10.9. The predicted molar refractivity (Wildman–Crippen MR) is 114 cm³/mol. The fourth-order valence-corrected chi connectivity index (χ4v) is 3.73. The molecular formula is C21H22N8O3. The van der Waals surface area contributed by atoms with Gasteiger partial charge in [0.1, 0.15) is 12.7 Å². The molecule has 0 spiro atoms. The smallest absolute Gasteiger partial charge is 0.256 e. The Hall–Kier alpha value is -3.99. The van der Waals surface area contributed by atoms with Crippen LogP contribution in [0.15, 0.2) is 49.4 Å². The van der Waals surface area contributed by atoms with Crippen molar-refractivity contribution in [2.75, 3.05) is 19.1 Å². The highest BCUT2D eigenvalue weighted by atomic mass is 16.5. The van der Waals surface area contributed by atoms with E-state index in [2.05, 4.69) is 20.2 Å². The molecule has 5 rings (SSSR count). The number of rotatable bonds is 7. The molecule has 1 atom stereocenters. The summed E-state index contributed by atoms with van der Waals surface area (Å²) in [5, 5.41) is 19.4. The highest BCUT2D eigenvalue weighted by Gasteiger charge is 2.31. The van der Waals surface area contributed by atoms with Crippen LogP contribution in [-0.4, -0.2) is 53.8 Å². The van der Waals surface area contributed by atoms with Crippen LogP contribution in [0.5, 0.6) is 11.6 Å². The summed E-state index contributed by atoms with van der Waals surface area (Å²) in [5.74, 6) is 0.951. The van der Waals surface area contributed by atoms with Crippen molar-refractivity contribution in [1.82, 2.24) is 34.5 Å². The summed E-state index contributed by atoms with van der Waals surface area (Å²) in [6.07, 6.45) is 7.73. The van der Waals surface area contributed by atoms with Crippen molar-refractivity contribution in [3.63, 3.8) is 0 Å². The molecule has 1 aliphatic rings. The highest BCUT2D eigenvalue weighted by Crippen LogP contribution is 2.36. The summed E-state index contributed by atoms with van der Waals surface area (Å²) >= 11 is 0. The Labute approximate surface area is 183 Å². The second-order valence-electron chi connectivity index (χ2n) is 7.29. The summed E-state index contributed by atoms with van der Waals surface area (Å²) in [7, 11) is 3.12. The molecule has 0 saturated heterocycles. The third-order valence-corrected chi connectivity index (χ3v) is 5.41. The topological polar surface area (TPSA) is 116 Å². The van der Waals surface area contributed by atoms with Gasteiger partial charge in [0.05, 0.1) is 57.1 Å². The number of aliphatic hydroxyl groups is 1. The number of pyridine rings is 2. The van der Waals surface area contributed by atoms with E-state index >= 15 is 0 Å². The molecule has 32 heavy (non-hydrogen) atoms. The van der Waals surface area contributed by atoms with E-state index in [-0.39, 0.29) is 0 Å². The molecular weight excluding hydrogens is 412 g/mol. The molecule has 4 aromatic rings. The van der Waals surface area contributed by atoms with Gasteiger partial charge in [-0.1, -0.05) is 6.07 Å². The van der Waals surface area contributed by atoms with Gasteiger partial charge >= 0.3 is 0 Å². The van der Waals surface area contributed by atoms with Gasteiger partial charge in [0.25, 0.3) is 5.88 Å². The van der Waals surface area contributed by atoms with Gasteiger partial charge in [-0.15, -0.1) is 0 Å². The number of aliphatic hydroxyl groups excluding tert-OH is 1. The molecule has 0 aromatic carbocycles. The third-order valence-electron chi connectivity index (χ3n) is 5.41. The van der Waals surface area contributed by atoms with Crippen LogP contribution in [0.3, 0.4) is 0 Å². The monoisotopic (exact) mass is 434 g/mol. The number of hydrogen-bond acceptors (Lipinski definition) is 9. The van der Waals surface area contributed by atoms with Crippen LogP contribution in [0, 0.1) is 0 Å². The van der Waals surface area contributed by atoms with Crippen LogP contribution >= 0.6 is 0 Å². The van der Waals surface area contributed by atoms with E-state index in [9.17, 15) is 5.11 Å². The van der Waals surface area contributed by atoms with Gasteiger partial charge in [0, 0.05) is 23.5 Å². The Bertz CT molecular complexity index is 1220. The lowest BCUT2D eigenvalue weighted by molar-refractivity contribution is 0.181. The van der Waals surface area contributed by atoms with E-state index < -0.39 is 6.23 Å². The summed E-state index contributed by atoms with van der Waals surface area (Å²) < 4.78 is 14.1. The molecule has 11 heteroatoms. The van der Waals surface area contributed by atoms with E-state index in [0.29, 0.717) is 31.3 Å². The number of aromatic nitrogens is 7. The van der Waals surface area contributed by atoms with E-state index in [1.54, 1.807) is 37.6 Å². The predicted octanol–water partition coefficient (Wildman–Crippen LogP) is 1.66. The molecule has 0 fully saturated rings. The Kier molecular flexibility index (Phi) is 5.15. The Balaban J connectivity index is 1.34. The normalized spacial score (nSPS) is 15.1. The quantitative estimate of drug-likeness (QED) is 0.463. The van der Waals surface area contributed by atoms with Crippen molar-refractivity contribution in [2.45, 2.75) is 25.9 Å². The second-order valence-corrected chi connectivity index (χ2v) is 7.29. The minimum absolute atomic E-state index is 0.417. The summed E-state index contributed by atoms with van der Waals surface area (Å²) in [4.78, 5) is 14.9. The van der Waals surface area contributed by atoms with Crippen molar-refractivity contribution in [2.24, 2.45) is 0 Å². The molecule has 1 N–H and O–H groups in total. The van der Waals surface area contributed by atoms with Crippen molar-refractivity contribution in [1.29, 1.82) is 0 Å².